The number of ether oxygens (including phenoxy) is 1. The summed E-state index contributed by atoms with van der Waals surface area (Å²) in [6, 6.07) is 12.8. The summed E-state index contributed by atoms with van der Waals surface area (Å²) < 4.78 is 7.50. The van der Waals surface area contributed by atoms with Gasteiger partial charge in [0.05, 0.1) is 18.3 Å². The molecule has 0 spiro atoms. The van der Waals surface area contributed by atoms with Gasteiger partial charge in [0.1, 0.15) is 5.00 Å². The first-order valence-corrected chi connectivity index (χ1v) is 13.7. The summed E-state index contributed by atoms with van der Waals surface area (Å²) in [5, 5.41) is 4.45. The summed E-state index contributed by atoms with van der Waals surface area (Å²) in [6.45, 7) is 1.88. The number of amides is 2. The quantitative estimate of drug-likeness (QED) is 0.358. The lowest BCUT2D eigenvalue weighted by atomic mass is 9.95. The molecule has 1 aromatic carbocycles. The monoisotopic (exact) mass is 481 g/mol. The van der Waals surface area contributed by atoms with Crippen LogP contribution < -0.4 is 5.32 Å². The second-order valence-electron chi connectivity index (χ2n) is 8.68. The van der Waals surface area contributed by atoms with Gasteiger partial charge in [-0.3, -0.25) is 0 Å². The van der Waals surface area contributed by atoms with Crippen LogP contribution in [-0.2, 0) is 24.1 Å². The number of thioether (sulfide) groups is 1. The highest BCUT2D eigenvalue weighted by Gasteiger charge is 2.35. The van der Waals surface area contributed by atoms with Crippen LogP contribution in [-0.4, -0.2) is 42.0 Å². The Kier molecular flexibility index (Phi) is 6.81. The van der Waals surface area contributed by atoms with E-state index >= 15 is 0 Å². The third kappa shape index (κ3) is 4.34. The minimum absolute atomic E-state index is 0.0126. The molecule has 0 bridgehead atoms. The molecule has 7 heteroatoms. The molecular formula is C26H31N3O2S2. The Morgan fingerprint density at radius 1 is 1.18 bits per heavy atom. The number of aromatic nitrogens is 1. The zero-order valence-electron chi connectivity index (χ0n) is 19.3. The maximum atomic E-state index is 13.6. The predicted molar refractivity (Wildman–Crippen MR) is 136 cm³/mol. The zero-order chi connectivity index (χ0) is 22.8. The second-order valence-corrected chi connectivity index (χ2v) is 10.6. The SMILES string of the molecule is COCCCNC(=O)N1Cc2c(sc3c2CCCC3)-n2cccc2C1c1ccc(SC)cc1. The summed E-state index contributed by atoms with van der Waals surface area (Å²) in [5.74, 6) is 0. The fraction of sp³-hybridized carbons (Fsp3) is 0.423. The van der Waals surface area contributed by atoms with Crippen molar-refractivity contribution in [3.63, 3.8) is 0 Å². The number of carbonyl (C=O) groups is 1. The minimum Gasteiger partial charge on any atom is -0.385 e. The van der Waals surface area contributed by atoms with Crippen LogP contribution in [0.4, 0.5) is 4.79 Å². The van der Waals surface area contributed by atoms with E-state index in [4.69, 9.17) is 4.74 Å². The van der Waals surface area contributed by atoms with Crippen LogP contribution >= 0.6 is 23.1 Å². The third-order valence-corrected chi connectivity index (χ3v) is 8.75. The Labute approximate surface area is 204 Å². The van der Waals surface area contributed by atoms with Gasteiger partial charge in [0.25, 0.3) is 0 Å². The molecule has 1 N–H and O–H groups in total. The predicted octanol–water partition coefficient (Wildman–Crippen LogP) is 5.79. The number of fused-ring (bicyclic) bond motifs is 5. The smallest absolute Gasteiger partial charge is 0.318 e. The summed E-state index contributed by atoms with van der Waals surface area (Å²) in [7, 11) is 1.69. The number of benzene rings is 1. The van der Waals surface area contributed by atoms with E-state index in [1.807, 2.05) is 16.2 Å². The van der Waals surface area contributed by atoms with Crippen molar-refractivity contribution in [2.75, 3.05) is 26.5 Å². The minimum atomic E-state index is -0.142. The molecule has 3 heterocycles. The highest BCUT2D eigenvalue weighted by atomic mass is 32.2. The molecule has 5 rings (SSSR count). The fourth-order valence-electron chi connectivity index (χ4n) is 5.04. The van der Waals surface area contributed by atoms with Gasteiger partial charge in [-0.25, -0.2) is 4.79 Å². The molecule has 33 heavy (non-hydrogen) atoms. The van der Waals surface area contributed by atoms with E-state index in [0.717, 1.165) is 30.5 Å². The normalized spacial score (nSPS) is 17.2. The highest BCUT2D eigenvalue weighted by molar-refractivity contribution is 7.98. The van der Waals surface area contributed by atoms with E-state index in [1.165, 1.54) is 38.7 Å². The van der Waals surface area contributed by atoms with Gasteiger partial charge >= 0.3 is 6.03 Å². The number of thiophene rings is 1. The molecule has 1 unspecified atom stereocenters. The Balaban J connectivity index is 1.58. The van der Waals surface area contributed by atoms with Gasteiger partial charge in [-0.15, -0.1) is 23.1 Å². The van der Waals surface area contributed by atoms with Gasteiger partial charge < -0.3 is 19.5 Å². The van der Waals surface area contributed by atoms with Crippen LogP contribution in [0.5, 0.6) is 0 Å². The summed E-state index contributed by atoms with van der Waals surface area (Å²) in [4.78, 5) is 18.4. The fourth-order valence-corrected chi connectivity index (χ4v) is 6.85. The number of urea groups is 1. The lowest BCUT2D eigenvalue weighted by molar-refractivity contribution is 0.174. The molecular weight excluding hydrogens is 450 g/mol. The van der Waals surface area contributed by atoms with E-state index in [2.05, 4.69) is 58.7 Å². The Morgan fingerprint density at radius 2 is 2.00 bits per heavy atom. The molecule has 1 aliphatic heterocycles. The summed E-state index contributed by atoms with van der Waals surface area (Å²) in [6.07, 6.45) is 9.84. The van der Waals surface area contributed by atoms with Crippen molar-refractivity contribution in [3.8, 4) is 5.00 Å². The standard InChI is InChI=1S/C26H31N3O2S2/c1-31-16-6-14-27-26(30)29-17-21-20-7-3-4-9-23(20)33-25(21)28-15-5-8-22(28)24(29)18-10-12-19(32-2)13-11-18/h5,8,10-13,15,24H,3-4,6-7,9,14,16-17H2,1-2H3,(H,27,30). The van der Waals surface area contributed by atoms with Gasteiger partial charge in [0.15, 0.2) is 0 Å². The number of hydrogen-bond donors (Lipinski definition) is 1. The lowest BCUT2D eigenvalue weighted by Gasteiger charge is -2.31. The van der Waals surface area contributed by atoms with Crippen LogP contribution in [0.25, 0.3) is 5.00 Å². The molecule has 2 aliphatic rings. The number of rotatable bonds is 6. The molecule has 1 atom stereocenters. The van der Waals surface area contributed by atoms with Crippen molar-refractivity contribution in [1.82, 2.24) is 14.8 Å². The topological polar surface area (TPSA) is 46.5 Å². The van der Waals surface area contributed by atoms with Crippen molar-refractivity contribution in [3.05, 3.63) is 69.9 Å². The molecule has 0 fully saturated rings. The molecule has 2 amide bonds. The van der Waals surface area contributed by atoms with E-state index < -0.39 is 0 Å². The van der Waals surface area contributed by atoms with Crippen molar-refractivity contribution >= 4 is 29.1 Å². The maximum Gasteiger partial charge on any atom is 0.318 e. The first-order valence-electron chi connectivity index (χ1n) is 11.7. The van der Waals surface area contributed by atoms with Crippen molar-refractivity contribution < 1.29 is 9.53 Å². The Morgan fingerprint density at radius 3 is 2.79 bits per heavy atom. The molecule has 3 aromatic rings. The highest BCUT2D eigenvalue weighted by Crippen LogP contribution is 2.44. The molecule has 0 saturated carbocycles. The van der Waals surface area contributed by atoms with E-state index in [1.54, 1.807) is 18.9 Å². The Bertz CT molecular complexity index is 1120. The van der Waals surface area contributed by atoms with Crippen molar-refractivity contribution in [2.45, 2.75) is 49.6 Å². The van der Waals surface area contributed by atoms with E-state index in [-0.39, 0.29) is 12.1 Å². The van der Waals surface area contributed by atoms with Crippen LogP contribution in [0.2, 0.25) is 0 Å². The number of hydrogen-bond acceptors (Lipinski definition) is 4. The number of nitrogens with zero attached hydrogens (tertiary/aromatic N) is 2. The molecule has 2 aromatic heterocycles. The first kappa shape index (κ1) is 22.6. The number of aryl methyl sites for hydroxylation is 1. The van der Waals surface area contributed by atoms with Gasteiger partial charge in [-0.2, -0.15) is 0 Å². The summed E-state index contributed by atoms with van der Waals surface area (Å²) >= 11 is 3.66. The molecule has 0 saturated heterocycles. The van der Waals surface area contributed by atoms with Crippen LogP contribution in [0.3, 0.4) is 0 Å². The van der Waals surface area contributed by atoms with Crippen molar-refractivity contribution in [2.24, 2.45) is 0 Å². The number of carbonyl (C=O) groups excluding carboxylic acids is 1. The molecule has 5 nitrogen and oxygen atoms in total. The average molecular weight is 482 g/mol. The maximum absolute atomic E-state index is 13.6. The van der Waals surface area contributed by atoms with Crippen molar-refractivity contribution in [1.29, 1.82) is 0 Å². The van der Waals surface area contributed by atoms with Gasteiger partial charge in [0, 0.05) is 41.8 Å². The molecule has 174 valence electrons. The third-order valence-electron chi connectivity index (χ3n) is 6.67. The largest absolute Gasteiger partial charge is 0.385 e. The van der Waals surface area contributed by atoms with Gasteiger partial charge in [-0.05, 0) is 73.8 Å². The summed E-state index contributed by atoms with van der Waals surface area (Å²) in [5.41, 5.74) is 5.11. The zero-order valence-corrected chi connectivity index (χ0v) is 20.9. The van der Waals surface area contributed by atoms with Crippen LogP contribution in [0.15, 0.2) is 47.5 Å². The Hall–Kier alpha value is -2.22. The average Bonchev–Trinajstić information content (AvgIpc) is 3.44. The molecule has 1 aliphatic carbocycles. The molecule has 0 radical (unpaired) electrons. The number of methoxy groups -OCH3 is 1. The van der Waals surface area contributed by atoms with Gasteiger partial charge in [0.2, 0.25) is 0 Å². The van der Waals surface area contributed by atoms with E-state index in [9.17, 15) is 4.79 Å². The van der Waals surface area contributed by atoms with Crippen LogP contribution in [0.1, 0.15) is 52.6 Å². The van der Waals surface area contributed by atoms with Gasteiger partial charge in [-0.1, -0.05) is 12.1 Å². The number of nitrogens with one attached hydrogen (secondary N) is 1. The first-order chi connectivity index (χ1) is 16.2. The van der Waals surface area contributed by atoms with Crippen LogP contribution in [0, 0.1) is 0 Å². The van der Waals surface area contributed by atoms with E-state index in [0.29, 0.717) is 19.7 Å². The lowest BCUT2D eigenvalue weighted by Crippen LogP contribution is -2.42. The second kappa shape index (κ2) is 9.95.